The molecule has 22 heavy (non-hydrogen) atoms. The van der Waals surface area contributed by atoms with Crippen LogP contribution in [0.2, 0.25) is 0 Å². The smallest absolute Gasteiger partial charge is 0.181 e. The Morgan fingerprint density at radius 3 is 2.64 bits per heavy atom. The summed E-state index contributed by atoms with van der Waals surface area (Å²) >= 11 is 0. The van der Waals surface area contributed by atoms with Gasteiger partial charge in [-0.05, 0) is 0 Å². The number of halogens is 2. The summed E-state index contributed by atoms with van der Waals surface area (Å²) in [6.45, 7) is 1.68. The first-order valence-electron chi connectivity index (χ1n) is 7.17. The third-order valence-electron chi connectivity index (χ3n) is 3.69. The van der Waals surface area contributed by atoms with Crippen molar-refractivity contribution in [1.29, 1.82) is 0 Å². The van der Waals surface area contributed by atoms with E-state index in [0.29, 0.717) is 26.1 Å². The second kappa shape index (κ2) is 5.46. The lowest BCUT2D eigenvalue weighted by Crippen LogP contribution is -2.36. The minimum absolute atomic E-state index is 0.0280. The van der Waals surface area contributed by atoms with Crippen LogP contribution in [0.4, 0.5) is 8.78 Å². The van der Waals surface area contributed by atoms with Gasteiger partial charge in [0.05, 0.1) is 6.54 Å². The van der Waals surface area contributed by atoms with Crippen molar-refractivity contribution in [2.75, 3.05) is 19.7 Å². The first-order chi connectivity index (χ1) is 10.3. The van der Waals surface area contributed by atoms with E-state index in [1.54, 1.807) is 0 Å². The molecule has 0 aromatic heterocycles. The molecule has 0 unspecified atom stereocenters. The molecule has 0 radical (unpaired) electrons. The van der Waals surface area contributed by atoms with E-state index in [9.17, 15) is 13.9 Å². The highest BCUT2D eigenvalue weighted by molar-refractivity contribution is 6.37. The summed E-state index contributed by atoms with van der Waals surface area (Å²) in [6, 6.07) is 2.21. The minimum Gasteiger partial charge on any atom is -0.480 e. The van der Waals surface area contributed by atoms with Crippen molar-refractivity contribution < 1.29 is 23.5 Å². The van der Waals surface area contributed by atoms with Gasteiger partial charge in [0, 0.05) is 36.6 Å². The molecule has 2 aliphatic rings. The summed E-state index contributed by atoms with van der Waals surface area (Å²) in [5.41, 5.74) is -1.47. The fourth-order valence-corrected chi connectivity index (χ4v) is 2.86. The Morgan fingerprint density at radius 2 is 2.05 bits per heavy atom. The van der Waals surface area contributed by atoms with Crippen LogP contribution in [-0.4, -0.2) is 56.8 Å². The standard InChI is InChI=1S/C13H16B2F2N2O3/c14-13(15,20)22-8-4-9(16)12(10(17)5-8)7-3-11-18-21-2-1-19(11)6-7/h4-5,7,20H,1-3,6,14-15H2/t7-/m0/s1. The lowest BCUT2D eigenvalue weighted by atomic mass is 9.76. The van der Waals surface area contributed by atoms with Crippen LogP contribution in [0.25, 0.3) is 0 Å². The predicted molar refractivity (Wildman–Crippen MR) is 81.3 cm³/mol. The van der Waals surface area contributed by atoms with Crippen LogP contribution in [0, 0.1) is 11.6 Å². The van der Waals surface area contributed by atoms with Gasteiger partial charge in [-0.15, -0.1) is 0 Å². The normalized spacial score (nSPS) is 21.1. The van der Waals surface area contributed by atoms with E-state index < -0.39 is 17.2 Å². The zero-order chi connectivity index (χ0) is 15.9. The van der Waals surface area contributed by atoms with E-state index in [4.69, 9.17) is 9.57 Å². The van der Waals surface area contributed by atoms with Crippen LogP contribution >= 0.6 is 0 Å². The van der Waals surface area contributed by atoms with Gasteiger partial charge in [-0.25, -0.2) is 8.78 Å². The molecule has 1 fully saturated rings. The number of rotatable bonds is 3. The van der Waals surface area contributed by atoms with E-state index >= 15 is 0 Å². The first-order valence-corrected chi connectivity index (χ1v) is 7.17. The van der Waals surface area contributed by atoms with Gasteiger partial charge in [-0.3, -0.25) is 0 Å². The predicted octanol–water partition coefficient (Wildman–Crippen LogP) is -0.654. The van der Waals surface area contributed by atoms with Gasteiger partial charge < -0.3 is 19.6 Å². The number of fused-ring (bicyclic) bond motifs is 1. The molecule has 2 aliphatic heterocycles. The summed E-state index contributed by atoms with van der Waals surface area (Å²) in [6.07, 6.45) is 0.444. The molecule has 2 heterocycles. The number of hydrogen-bond acceptors (Lipinski definition) is 5. The van der Waals surface area contributed by atoms with Gasteiger partial charge in [0.25, 0.3) is 0 Å². The van der Waals surface area contributed by atoms with Crippen molar-refractivity contribution in [1.82, 2.24) is 4.90 Å². The monoisotopic (exact) mass is 308 g/mol. The second-order valence-corrected chi connectivity index (χ2v) is 6.04. The van der Waals surface area contributed by atoms with Crippen molar-refractivity contribution >= 4 is 21.5 Å². The van der Waals surface area contributed by atoms with Gasteiger partial charge in [-0.2, -0.15) is 0 Å². The minimum atomic E-state index is -1.50. The molecule has 0 bridgehead atoms. The maximum absolute atomic E-state index is 14.3. The van der Waals surface area contributed by atoms with E-state index in [1.807, 2.05) is 4.90 Å². The van der Waals surface area contributed by atoms with Gasteiger partial charge in [0.15, 0.2) is 15.7 Å². The summed E-state index contributed by atoms with van der Waals surface area (Å²) in [4.78, 5) is 6.99. The highest BCUT2D eigenvalue weighted by Gasteiger charge is 2.34. The molecule has 5 nitrogen and oxygen atoms in total. The maximum atomic E-state index is 14.3. The van der Waals surface area contributed by atoms with Crippen molar-refractivity contribution in [3.05, 3.63) is 29.3 Å². The molecular formula is C13H16B2F2N2O3. The highest BCUT2D eigenvalue weighted by atomic mass is 19.1. The van der Waals surface area contributed by atoms with Crippen molar-refractivity contribution in [2.45, 2.75) is 17.9 Å². The van der Waals surface area contributed by atoms with Crippen molar-refractivity contribution in [3.63, 3.8) is 0 Å². The van der Waals surface area contributed by atoms with Gasteiger partial charge >= 0.3 is 0 Å². The molecule has 0 aliphatic carbocycles. The first kappa shape index (κ1) is 15.1. The van der Waals surface area contributed by atoms with Crippen LogP contribution in [0.5, 0.6) is 5.75 Å². The molecule has 0 spiro atoms. The number of nitrogens with zero attached hydrogens (tertiary/aromatic N) is 2. The molecule has 9 heteroatoms. The maximum Gasteiger partial charge on any atom is 0.181 e. The van der Waals surface area contributed by atoms with Gasteiger partial charge in [0.2, 0.25) is 0 Å². The molecular weight excluding hydrogens is 292 g/mol. The van der Waals surface area contributed by atoms with Crippen molar-refractivity contribution in [2.24, 2.45) is 5.16 Å². The van der Waals surface area contributed by atoms with Crippen LogP contribution in [0.3, 0.4) is 0 Å². The lowest BCUT2D eigenvalue weighted by Gasteiger charge is -2.22. The van der Waals surface area contributed by atoms with E-state index in [1.165, 1.54) is 15.7 Å². The Morgan fingerprint density at radius 1 is 1.36 bits per heavy atom. The number of amidine groups is 1. The number of oxime groups is 1. The highest BCUT2D eigenvalue weighted by Crippen LogP contribution is 2.35. The largest absolute Gasteiger partial charge is 0.480 e. The average Bonchev–Trinajstić information content (AvgIpc) is 2.78. The average molecular weight is 308 g/mol. The number of hydrogen-bond donors (Lipinski definition) is 1. The molecule has 0 amide bonds. The van der Waals surface area contributed by atoms with Crippen LogP contribution in [0.1, 0.15) is 17.9 Å². The zero-order valence-electron chi connectivity index (χ0n) is 12.5. The number of benzene rings is 1. The summed E-state index contributed by atoms with van der Waals surface area (Å²) in [5.74, 6) is -0.970. The molecule has 0 saturated carbocycles. The van der Waals surface area contributed by atoms with Crippen molar-refractivity contribution in [3.8, 4) is 5.75 Å². The van der Waals surface area contributed by atoms with Crippen LogP contribution in [-0.2, 0) is 4.84 Å². The summed E-state index contributed by atoms with van der Waals surface area (Å²) in [7, 11) is 2.79. The Hall–Kier alpha value is -1.76. The molecule has 1 saturated heterocycles. The SMILES string of the molecule is BC(B)(O)Oc1cc(F)c([C@H]2CC3=NOCCN3C2)c(F)c1. The van der Waals surface area contributed by atoms with E-state index in [0.717, 1.165) is 18.0 Å². The van der Waals surface area contributed by atoms with E-state index in [-0.39, 0.29) is 17.2 Å². The Bertz CT molecular complexity index is 599. The molecule has 1 N–H and O–H groups in total. The van der Waals surface area contributed by atoms with Gasteiger partial charge in [-0.1, -0.05) is 5.16 Å². The molecule has 1 aromatic carbocycles. The topological polar surface area (TPSA) is 54.3 Å². The zero-order valence-corrected chi connectivity index (χ0v) is 12.5. The fourth-order valence-electron chi connectivity index (χ4n) is 2.86. The molecule has 1 atom stereocenters. The number of ether oxygens (including phenoxy) is 1. The fraction of sp³-hybridized carbons (Fsp3) is 0.462. The van der Waals surface area contributed by atoms with Crippen LogP contribution < -0.4 is 4.74 Å². The molecule has 3 rings (SSSR count). The Kier molecular flexibility index (Phi) is 3.76. The molecule has 1 aromatic rings. The van der Waals surface area contributed by atoms with E-state index in [2.05, 4.69) is 5.16 Å². The Balaban J connectivity index is 1.86. The third kappa shape index (κ3) is 3.04. The third-order valence-corrected chi connectivity index (χ3v) is 3.69. The second-order valence-electron chi connectivity index (χ2n) is 6.04. The van der Waals surface area contributed by atoms with Gasteiger partial charge in [0.1, 0.15) is 35.4 Å². The quantitative estimate of drug-likeness (QED) is 0.595. The Labute approximate surface area is 128 Å². The molecule has 116 valence electrons. The van der Waals surface area contributed by atoms with Crippen LogP contribution in [0.15, 0.2) is 17.3 Å². The summed E-state index contributed by atoms with van der Waals surface area (Å²) in [5, 5.41) is 13.5. The number of aliphatic hydroxyl groups is 1. The summed E-state index contributed by atoms with van der Waals surface area (Å²) < 4.78 is 33.7. The lowest BCUT2D eigenvalue weighted by molar-refractivity contribution is 0.0123.